The fourth-order valence-corrected chi connectivity index (χ4v) is 4.26. The van der Waals surface area contributed by atoms with Gasteiger partial charge in [0.15, 0.2) is 17.3 Å². The first-order chi connectivity index (χ1) is 16.4. The Morgan fingerprint density at radius 1 is 1.29 bits per heavy atom. The van der Waals surface area contributed by atoms with Crippen LogP contribution in [0.3, 0.4) is 0 Å². The number of benzene rings is 1. The molecule has 0 aliphatic carbocycles. The van der Waals surface area contributed by atoms with Crippen LogP contribution in [0.2, 0.25) is 5.02 Å². The van der Waals surface area contributed by atoms with Crippen molar-refractivity contribution in [3.63, 3.8) is 0 Å². The highest BCUT2D eigenvalue weighted by Gasteiger charge is 2.28. The molecule has 10 heteroatoms. The first-order valence-electron chi connectivity index (χ1n) is 10.7. The molecule has 3 aromatic rings. The summed E-state index contributed by atoms with van der Waals surface area (Å²) < 4.78 is 31.0. The molecule has 3 heterocycles. The molecule has 8 nitrogen and oxygen atoms in total. The van der Waals surface area contributed by atoms with Gasteiger partial charge in [0.1, 0.15) is 5.75 Å². The van der Waals surface area contributed by atoms with Crippen molar-refractivity contribution in [1.29, 1.82) is 0 Å². The zero-order valence-electron chi connectivity index (χ0n) is 18.8. The Balaban J connectivity index is 1.63. The van der Waals surface area contributed by atoms with E-state index >= 15 is 4.39 Å². The number of ether oxygens (including phenoxy) is 3. The summed E-state index contributed by atoms with van der Waals surface area (Å²) in [7, 11) is 2.80. The summed E-state index contributed by atoms with van der Waals surface area (Å²) in [4.78, 5) is 25.1. The molecule has 1 fully saturated rings. The van der Waals surface area contributed by atoms with E-state index in [9.17, 15) is 4.79 Å². The molecule has 2 aromatic heterocycles. The lowest BCUT2D eigenvalue weighted by molar-refractivity contribution is -0.116. The number of rotatable bonds is 8. The fourth-order valence-electron chi connectivity index (χ4n) is 3.94. The van der Waals surface area contributed by atoms with Crippen molar-refractivity contribution in [3.8, 4) is 22.8 Å². The van der Waals surface area contributed by atoms with E-state index in [1.807, 2.05) is 0 Å². The maximum atomic E-state index is 15.0. The van der Waals surface area contributed by atoms with Crippen molar-refractivity contribution in [3.05, 3.63) is 48.0 Å². The number of carbonyl (C=O) groups is 1. The standard InChI is InChI=1S/C24H24ClFN4O4/c1-4-15(31)7-13-5-6-34-12-18(13)30-24-28-10-14-8-16(27-11-17(14)29-24)21-22(25)19(32-2)9-20(33-3)23(21)26/h4,8-11,13,18H,1,5-7,12H2,2-3H3,(H,28,29,30)/t13-,18-/m1/s1. The lowest BCUT2D eigenvalue weighted by Gasteiger charge is -2.31. The van der Waals surface area contributed by atoms with Crippen LogP contribution in [0.5, 0.6) is 11.5 Å². The zero-order valence-corrected chi connectivity index (χ0v) is 19.6. The number of hydrogen-bond donors (Lipinski definition) is 1. The van der Waals surface area contributed by atoms with Gasteiger partial charge in [-0.3, -0.25) is 9.78 Å². The number of allylic oxidation sites excluding steroid dienone is 1. The second kappa shape index (κ2) is 10.3. The largest absolute Gasteiger partial charge is 0.495 e. The van der Waals surface area contributed by atoms with E-state index in [0.717, 1.165) is 6.42 Å². The molecular weight excluding hydrogens is 463 g/mol. The number of nitrogens with one attached hydrogen (secondary N) is 1. The van der Waals surface area contributed by atoms with Crippen molar-refractivity contribution >= 4 is 34.2 Å². The molecule has 1 aliphatic rings. The highest BCUT2D eigenvalue weighted by atomic mass is 35.5. The third-order valence-corrected chi connectivity index (χ3v) is 6.18. The van der Waals surface area contributed by atoms with E-state index in [2.05, 4.69) is 26.8 Å². The summed E-state index contributed by atoms with van der Waals surface area (Å²) in [5.41, 5.74) is 0.916. The quantitative estimate of drug-likeness (QED) is 0.466. The lowest BCUT2D eigenvalue weighted by atomic mass is 9.90. The van der Waals surface area contributed by atoms with Crippen LogP contribution in [0.4, 0.5) is 10.3 Å². The Morgan fingerprint density at radius 3 is 2.82 bits per heavy atom. The fraction of sp³-hybridized carbons (Fsp3) is 0.333. The highest BCUT2D eigenvalue weighted by molar-refractivity contribution is 6.35. The van der Waals surface area contributed by atoms with Gasteiger partial charge in [-0.05, 0) is 24.5 Å². The smallest absolute Gasteiger partial charge is 0.223 e. The number of anilines is 1. The molecule has 34 heavy (non-hydrogen) atoms. The lowest BCUT2D eigenvalue weighted by Crippen LogP contribution is -2.40. The predicted molar refractivity (Wildman–Crippen MR) is 127 cm³/mol. The van der Waals surface area contributed by atoms with Crippen LogP contribution < -0.4 is 14.8 Å². The summed E-state index contributed by atoms with van der Waals surface area (Å²) in [6, 6.07) is 2.92. The second-order valence-corrected chi connectivity index (χ2v) is 8.23. The Labute approximate surface area is 201 Å². The molecule has 178 valence electrons. The number of nitrogens with zero attached hydrogens (tertiary/aromatic N) is 3. The van der Waals surface area contributed by atoms with Crippen LogP contribution in [0, 0.1) is 11.7 Å². The summed E-state index contributed by atoms with van der Waals surface area (Å²) in [6.45, 7) is 4.60. The van der Waals surface area contributed by atoms with Crippen molar-refractivity contribution in [1.82, 2.24) is 15.0 Å². The summed E-state index contributed by atoms with van der Waals surface area (Å²) in [6.07, 6.45) is 5.63. The van der Waals surface area contributed by atoms with E-state index in [1.165, 1.54) is 32.6 Å². The number of pyridine rings is 1. The average Bonchev–Trinajstić information content (AvgIpc) is 2.85. The van der Waals surface area contributed by atoms with Crippen molar-refractivity contribution in [2.45, 2.75) is 18.9 Å². The van der Waals surface area contributed by atoms with E-state index in [0.29, 0.717) is 42.2 Å². The second-order valence-electron chi connectivity index (χ2n) is 7.86. The van der Waals surface area contributed by atoms with Crippen molar-refractivity contribution in [2.75, 3.05) is 32.8 Å². The monoisotopic (exact) mass is 486 g/mol. The predicted octanol–water partition coefficient (Wildman–Crippen LogP) is 4.46. The molecule has 0 radical (unpaired) electrons. The molecule has 1 N–H and O–H groups in total. The molecule has 0 spiro atoms. The summed E-state index contributed by atoms with van der Waals surface area (Å²) in [5, 5.41) is 4.00. The molecule has 2 atom stereocenters. The maximum Gasteiger partial charge on any atom is 0.223 e. The molecule has 0 amide bonds. The number of methoxy groups -OCH3 is 2. The van der Waals surface area contributed by atoms with Crippen LogP contribution in [-0.2, 0) is 9.53 Å². The molecule has 0 unspecified atom stereocenters. The summed E-state index contributed by atoms with van der Waals surface area (Å²) in [5.74, 6) is 0.0969. The number of halogens is 2. The maximum absolute atomic E-state index is 15.0. The van der Waals surface area contributed by atoms with E-state index in [4.69, 9.17) is 25.8 Å². The number of hydrogen-bond acceptors (Lipinski definition) is 8. The van der Waals surface area contributed by atoms with Crippen LogP contribution in [0.1, 0.15) is 12.8 Å². The Hall–Kier alpha value is -3.30. The van der Waals surface area contributed by atoms with E-state index in [-0.39, 0.29) is 39.8 Å². The number of ketones is 1. The van der Waals surface area contributed by atoms with Crippen LogP contribution in [-0.4, -0.2) is 54.2 Å². The SMILES string of the molecule is C=CC(=O)C[C@H]1CCOC[C@H]1Nc1ncc2cc(-c3c(F)c(OC)cc(OC)c3Cl)ncc2n1. The minimum atomic E-state index is -0.642. The first-order valence-corrected chi connectivity index (χ1v) is 11.1. The number of aromatic nitrogens is 3. The minimum Gasteiger partial charge on any atom is -0.495 e. The first kappa shape index (κ1) is 23.8. The normalized spacial score (nSPS) is 17.9. The number of fused-ring (bicyclic) bond motifs is 1. The third kappa shape index (κ3) is 4.80. The Morgan fingerprint density at radius 2 is 2.09 bits per heavy atom. The zero-order chi connectivity index (χ0) is 24.2. The van der Waals surface area contributed by atoms with Gasteiger partial charge >= 0.3 is 0 Å². The third-order valence-electron chi connectivity index (χ3n) is 5.80. The minimum absolute atomic E-state index is 0.00470. The molecular formula is C24H24ClFN4O4. The van der Waals surface area contributed by atoms with Gasteiger partial charge in [0, 0.05) is 30.7 Å². The van der Waals surface area contributed by atoms with E-state index < -0.39 is 5.82 Å². The van der Waals surface area contributed by atoms with Gasteiger partial charge in [0.05, 0.1) is 54.9 Å². The van der Waals surface area contributed by atoms with E-state index in [1.54, 1.807) is 12.3 Å². The molecule has 1 aliphatic heterocycles. The van der Waals surface area contributed by atoms with Crippen LogP contribution in [0.25, 0.3) is 22.2 Å². The van der Waals surface area contributed by atoms with Crippen LogP contribution in [0.15, 0.2) is 37.2 Å². The van der Waals surface area contributed by atoms with Gasteiger partial charge in [-0.15, -0.1) is 0 Å². The van der Waals surface area contributed by atoms with Gasteiger partial charge in [0.2, 0.25) is 5.95 Å². The highest BCUT2D eigenvalue weighted by Crippen LogP contribution is 2.41. The topological polar surface area (TPSA) is 95.5 Å². The number of carbonyl (C=O) groups excluding carboxylic acids is 1. The van der Waals surface area contributed by atoms with Gasteiger partial charge in [-0.1, -0.05) is 18.2 Å². The summed E-state index contributed by atoms with van der Waals surface area (Å²) >= 11 is 6.38. The molecule has 1 saturated heterocycles. The molecule has 0 saturated carbocycles. The van der Waals surface area contributed by atoms with Crippen molar-refractivity contribution < 1.29 is 23.4 Å². The Kier molecular flexibility index (Phi) is 7.23. The molecule has 0 bridgehead atoms. The Bertz CT molecular complexity index is 1210. The van der Waals surface area contributed by atoms with Gasteiger partial charge < -0.3 is 19.5 Å². The van der Waals surface area contributed by atoms with Crippen molar-refractivity contribution in [2.24, 2.45) is 5.92 Å². The average molecular weight is 487 g/mol. The van der Waals surface area contributed by atoms with Gasteiger partial charge in [0.25, 0.3) is 0 Å². The van der Waals surface area contributed by atoms with Gasteiger partial charge in [-0.2, -0.15) is 0 Å². The van der Waals surface area contributed by atoms with Crippen LogP contribution >= 0.6 is 11.6 Å². The molecule has 4 rings (SSSR count). The molecule has 1 aromatic carbocycles. The van der Waals surface area contributed by atoms with Gasteiger partial charge in [-0.25, -0.2) is 14.4 Å².